The molecule has 2 amide bonds. The van der Waals surface area contributed by atoms with Crippen molar-refractivity contribution in [2.24, 2.45) is 0 Å². The molecule has 172 valence electrons. The second kappa shape index (κ2) is 10.9. The molecule has 0 saturated heterocycles. The van der Waals surface area contributed by atoms with Crippen LogP contribution in [0, 0.1) is 0 Å². The van der Waals surface area contributed by atoms with Crippen molar-refractivity contribution in [2.45, 2.75) is 12.6 Å². The summed E-state index contributed by atoms with van der Waals surface area (Å²) in [6, 6.07) is 9.43. The molecule has 0 saturated carbocycles. The number of rotatable bonds is 8. The molecule has 0 spiro atoms. The quantitative estimate of drug-likeness (QED) is 0.594. The summed E-state index contributed by atoms with van der Waals surface area (Å²) in [4.78, 5) is 36.6. The topological polar surface area (TPSA) is 84.9 Å². The van der Waals surface area contributed by atoms with Gasteiger partial charge in [0.15, 0.2) is 6.61 Å². The molecule has 7 nitrogen and oxygen atoms in total. The van der Waals surface area contributed by atoms with E-state index in [1.807, 2.05) is 0 Å². The van der Waals surface area contributed by atoms with Crippen molar-refractivity contribution >= 4 is 35.1 Å². The van der Waals surface area contributed by atoms with Gasteiger partial charge in [-0.3, -0.25) is 14.4 Å². The van der Waals surface area contributed by atoms with Crippen molar-refractivity contribution < 1.29 is 37.0 Å². The number of nitrogens with one attached hydrogen (secondary N) is 1. The molecule has 0 unspecified atom stereocenters. The molecule has 0 bridgehead atoms. The van der Waals surface area contributed by atoms with Crippen molar-refractivity contribution in [3.63, 3.8) is 0 Å². The minimum absolute atomic E-state index is 0.101. The molecule has 0 aliphatic rings. The molecule has 0 aromatic heterocycles. The largest absolute Gasteiger partial charge is 0.484 e. The number of halogens is 4. The summed E-state index contributed by atoms with van der Waals surface area (Å²) in [5, 5.41) is 1.81. The smallest absolute Gasteiger partial charge is 0.417 e. The van der Waals surface area contributed by atoms with Crippen molar-refractivity contribution in [1.29, 1.82) is 0 Å². The minimum Gasteiger partial charge on any atom is -0.484 e. The lowest BCUT2D eigenvalue weighted by Crippen LogP contribution is -2.37. The van der Waals surface area contributed by atoms with E-state index in [4.69, 9.17) is 16.3 Å². The summed E-state index contributed by atoms with van der Waals surface area (Å²) in [6.45, 7) is -0.760. The van der Waals surface area contributed by atoms with Crippen molar-refractivity contribution in [3.05, 3.63) is 58.6 Å². The number of hydrogen-bond acceptors (Lipinski definition) is 5. The van der Waals surface area contributed by atoms with Gasteiger partial charge in [0.1, 0.15) is 5.75 Å². The second-order valence-electron chi connectivity index (χ2n) is 6.68. The number of anilines is 1. The van der Waals surface area contributed by atoms with Gasteiger partial charge < -0.3 is 19.7 Å². The lowest BCUT2D eigenvalue weighted by atomic mass is 10.1. The fourth-order valence-corrected chi connectivity index (χ4v) is 2.75. The highest BCUT2D eigenvalue weighted by atomic mass is 35.5. The molecule has 0 heterocycles. The molecule has 0 fully saturated rings. The van der Waals surface area contributed by atoms with E-state index in [2.05, 4.69) is 10.1 Å². The molecule has 0 atom stereocenters. The Balaban J connectivity index is 1.86. The van der Waals surface area contributed by atoms with Crippen LogP contribution >= 0.6 is 11.6 Å². The van der Waals surface area contributed by atoms with Crippen molar-refractivity contribution in [1.82, 2.24) is 4.90 Å². The van der Waals surface area contributed by atoms with Gasteiger partial charge in [0, 0.05) is 12.7 Å². The number of amides is 2. The average molecular weight is 473 g/mol. The van der Waals surface area contributed by atoms with Crippen molar-refractivity contribution in [2.75, 3.05) is 32.6 Å². The fraction of sp³-hybridized carbons (Fsp3) is 0.286. The Labute approximate surface area is 187 Å². The lowest BCUT2D eigenvalue weighted by molar-refractivity contribution is -0.140. The molecule has 2 rings (SSSR count). The van der Waals surface area contributed by atoms with Gasteiger partial charge in [-0.15, -0.1) is 0 Å². The predicted octanol–water partition coefficient (Wildman–Crippen LogP) is 3.55. The molecule has 0 radical (unpaired) electrons. The molecule has 2 aromatic rings. The number of nitrogens with zero attached hydrogens (tertiary/aromatic N) is 1. The van der Waals surface area contributed by atoms with Crippen LogP contribution in [-0.4, -0.2) is 50.0 Å². The fourth-order valence-electron chi connectivity index (χ4n) is 2.52. The first kappa shape index (κ1) is 25.0. The van der Waals surface area contributed by atoms with Crippen LogP contribution < -0.4 is 10.1 Å². The summed E-state index contributed by atoms with van der Waals surface area (Å²) in [5.74, 6) is -1.22. The van der Waals surface area contributed by atoms with Gasteiger partial charge >= 0.3 is 12.1 Å². The molecule has 1 N–H and O–H groups in total. The standard InChI is InChI=1S/C21H20ClF3N2O5/c1-27(11-18(28)26-14-5-8-17(22)16(10-14)21(23,24)25)19(29)12-32-15-6-3-13(4-7-15)9-20(30)31-2/h3-8,10H,9,11-12H2,1-2H3,(H,26,28). The Bertz CT molecular complexity index is 980. The zero-order chi connectivity index (χ0) is 23.9. The molecule has 0 aliphatic heterocycles. The maximum atomic E-state index is 12.9. The number of ether oxygens (including phenoxy) is 2. The van der Waals surface area contributed by atoms with Gasteiger partial charge in [-0.1, -0.05) is 23.7 Å². The summed E-state index contributed by atoms with van der Waals surface area (Å²) in [5.41, 5.74) is -0.469. The number of hydrogen-bond donors (Lipinski definition) is 1. The van der Waals surface area contributed by atoms with Crippen LogP contribution in [0.15, 0.2) is 42.5 Å². The van der Waals surface area contributed by atoms with Crippen LogP contribution in [0.2, 0.25) is 5.02 Å². The van der Waals surface area contributed by atoms with E-state index >= 15 is 0 Å². The van der Waals surface area contributed by atoms with E-state index in [1.54, 1.807) is 24.3 Å². The van der Waals surface area contributed by atoms with E-state index < -0.39 is 35.1 Å². The second-order valence-corrected chi connectivity index (χ2v) is 7.08. The van der Waals surface area contributed by atoms with Crippen LogP contribution in [0.1, 0.15) is 11.1 Å². The SMILES string of the molecule is COC(=O)Cc1ccc(OCC(=O)N(C)CC(=O)Nc2ccc(Cl)c(C(F)(F)F)c2)cc1. The molecular weight excluding hydrogens is 453 g/mol. The number of likely N-dealkylation sites (N-methyl/N-ethyl adjacent to an activating group) is 1. The van der Waals surface area contributed by atoms with Gasteiger partial charge in [-0.2, -0.15) is 13.2 Å². The third-order valence-electron chi connectivity index (χ3n) is 4.22. The van der Waals surface area contributed by atoms with Gasteiger partial charge in [-0.05, 0) is 35.9 Å². The third-order valence-corrected chi connectivity index (χ3v) is 4.55. The zero-order valence-corrected chi connectivity index (χ0v) is 17.9. The Morgan fingerprint density at radius 3 is 2.34 bits per heavy atom. The highest BCUT2D eigenvalue weighted by Crippen LogP contribution is 2.36. The van der Waals surface area contributed by atoms with Crippen LogP contribution in [0.25, 0.3) is 0 Å². The summed E-state index contributed by atoms with van der Waals surface area (Å²) < 4.78 is 48.7. The molecule has 11 heteroatoms. The Morgan fingerprint density at radius 2 is 1.75 bits per heavy atom. The first-order valence-corrected chi connectivity index (χ1v) is 9.56. The van der Waals surface area contributed by atoms with Crippen LogP contribution in [0.5, 0.6) is 5.75 Å². The Kier molecular flexibility index (Phi) is 8.48. The first-order chi connectivity index (χ1) is 15.0. The van der Waals surface area contributed by atoms with Gasteiger partial charge in [0.25, 0.3) is 5.91 Å². The van der Waals surface area contributed by atoms with E-state index in [-0.39, 0.29) is 24.7 Å². The number of esters is 1. The summed E-state index contributed by atoms with van der Waals surface area (Å²) in [7, 11) is 2.64. The van der Waals surface area contributed by atoms with Crippen molar-refractivity contribution in [3.8, 4) is 5.75 Å². The Hall–Kier alpha value is -3.27. The first-order valence-electron chi connectivity index (χ1n) is 9.18. The highest BCUT2D eigenvalue weighted by molar-refractivity contribution is 6.31. The summed E-state index contributed by atoms with van der Waals surface area (Å²) in [6.07, 6.45) is -4.56. The third kappa shape index (κ3) is 7.45. The molecule has 2 aromatic carbocycles. The maximum absolute atomic E-state index is 12.9. The number of benzene rings is 2. The monoisotopic (exact) mass is 472 g/mol. The zero-order valence-electron chi connectivity index (χ0n) is 17.2. The summed E-state index contributed by atoms with van der Waals surface area (Å²) >= 11 is 5.55. The number of methoxy groups -OCH3 is 1. The van der Waals surface area contributed by atoms with E-state index in [9.17, 15) is 27.6 Å². The van der Waals surface area contributed by atoms with Crippen LogP contribution in [0.3, 0.4) is 0 Å². The minimum atomic E-state index is -4.67. The van der Waals surface area contributed by atoms with Gasteiger partial charge in [-0.25, -0.2) is 0 Å². The van der Waals surface area contributed by atoms with E-state index in [0.717, 1.165) is 17.0 Å². The maximum Gasteiger partial charge on any atom is 0.417 e. The molecular formula is C21H20ClF3N2O5. The molecule has 32 heavy (non-hydrogen) atoms. The van der Waals surface area contributed by atoms with Gasteiger partial charge in [0.2, 0.25) is 5.91 Å². The molecule has 0 aliphatic carbocycles. The Morgan fingerprint density at radius 1 is 1.09 bits per heavy atom. The number of alkyl halides is 3. The van der Waals surface area contributed by atoms with Crippen LogP contribution in [0.4, 0.5) is 18.9 Å². The van der Waals surface area contributed by atoms with E-state index in [1.165, 1.54) is 20.2 Å². The lowest BCUT2D eigenvalue weighted by Gasteiger charge is -2.18. The normalized spacial score (nSPS) is 10.9. The predicted molar refractivity (Wildman–Crippen MR) is 110 cm³/mol. The van der Waals surface area contributed by atoms with Gasteiger partial charge in [0.05, 0.1) is 30.7 Å². The van der Waals surface area contributed by atoms with Crippen LogP contribution in [-0.2, 0) is 31.7 Å². The number of carbonyl (C=O) groups is 3. The highest BCUT2D eigenvalue weighted by Gasteiger charge is 2.33. The van der Waals surface area contributed by atoms with E-state index in [0.29, 0.717) is 11.3 Å². The number of carbonyl (C=O) groups excluding carboxylic acids is 3. The average Bonchev–Trinajstić information content (AvgIpc) is 2.73.